The van der Waals surface area contributed by atoms with Gasteiger partial charge in [-0.15, -0.1) is 0 Å². The third-order valence-electron chi connectivity index (χ3n) is 4.92. The molecule has 1 N–H and O–H groups in total. The lowest BCUT2D eigenvalue weighted by Crippen LogP contribution is -2.47. The molecule has 0 saturated carbocycles. The molecule has 150 valence electrons. The van der Waals surface area contributed by atoms with Crippen molar-refractivity contribution in [3.63, 3.8) is 0 Å². The molecule has 0 heterocycles. The standard InChI is InChI=1S/C19H23F3O4S/c1-5-12-26-27(24,25)16-11-6-13(2)18(23,17(16,3)4)14-7-9-15(10-8-14)19(20,21)22/h6-11,23H,5,12H2,1-4H3. The van der Waals surface area contributed by atoms with Gasteiger partial charge in [0.2, 0.25) is 0 Å². The molecule has 27 heavy (non-hydrogen) atoms. The summed E-state index contributed by atoms with van der Waals surface area (Å²) in [5.41, 5.74) is -3.44. The fourth-order valence-electron chi connectivity index (χ4n) is 3.34. The van der Waals surface area contributed by atoms with Gasteiger partial charge >= 0.3 is 6.18 Å². The largest absolute Gasteiger partial charge is 0.416 e. The Morgan fingerprint density at radius 2 is 1.67 bits per heavy atom. The second-order valence-corrected chi connectivity index (χ2v) is 8.65. The van der Waals surface area contributed by atoms with E-state index in [0.717, 1.165) is 12.1 Å². The summed E-state index contributed by atoms with van der Waals surface area (Å²) in [6, 6.07) is 4.09. The van der Waals surface area contributed by atoms with Gasteiger partial charge in [0, 0.05) is 5.41 Å². The zero-order valence-electron chi connectivity index (χ0n) is 15.6. The highest BCUT2D eigenvalue weighted by Gasteiger charge is 2.53. The van der Waals surface area contributed by atoms with Crippen LogP contribution in [0.25, 0.3) is 0 Å². The van der Waals surface area contributed by atoms with Gasteiger partial charge in [-0.2, -0.15) is 21.6 Å². The molecule has 1 aromatic rings. The molecule has 0 fully saturated rings. The van der Waals surface area contributed by atoms with Gasteiger partial charge in [-0.25, -0.2) is 0 Å². The molecule has 0 bridgehead atoms. The predicted molar refractivity (Wildman–Crippen MR) is 96.1 cm³/mol. The first-order chi connectivity index (χ1) is 12.3. The van der Waals surface area contributed by atoms with Crippen molar-refractivity contribution in [3.8, 4) is 0 Å². The Bertz CT molecular complexity index is 865. The maximum atomic E-state index is 12.8. The van der Waals surface area contributed by atoms with Gasteiger partial charge in [-0.3, -0.25) is 4.18 Å². The van der Waals surface area contributed by atoms with Crippen LogP contribution in [0, 0.1) is 5.41 Å². The first-order valence-electron chi connectivity index (χ1n) is 8.47. The Balaban J connectivity index is 2.56. The third-order valence-corrected chi connectivity index (χ3v) is 6.58. The molecule has 0 spiro atoms. The average Bonchev–Trinajstić information content (AvgIpc) is 2.57. The highest BCUT2D eigenvalue weighted by Crippen LogP contribution is 2.53. The van der Waals surface area contributed by atoms with Crippen LogP contribution < -0.4 is 0 Å². The van der Waals surface area contributed by atoms with Gasteiger partial charge in [0.05, 0.1) is 17.1 Å². The second kappa shape index (κ2) is 7.07. The van der Waals surface area contributed by atoms with Crippen molar-refractivity contribution in [2.75, 3.05) is 6.61 Å². The maximum absolute atomic E-state index is 12.8. The lowest BCUT2D eigenvalue weighted by molar-refractivity contribution is -0.137. The number of rotatable bonds is 5. The number of alkyl halides is 3. The summed E-state index contributed by atoms with van der Waals surface area (Å²) in [5.74, 6) is 0. The van der Waals surface area contributed by atoms with Crippen LogP contribution in [0.5, 0.6) is 0 Å². The van der Waals surface area contributed by atoms with Crippen LogP contribution in [-0.2, 0) is 26.1 Å². The van der Waals surface area contributed by atoms with Gasteiger partial charge < -0.3 is 5.11 Å². The molecular weight excluding hydrogens is 381 g/mol. The number of aliphatic hydroxyl groups is 1. The van der Waals surface area contributed by atoms with Gasteiger partial charge in [0.15, 0.2) is 0 Å². The smallest absolute Gasteiger partial charge is 0.380 e. The van der Waals surface area contributed by atoms with Crippen LogP contribution in [0.15, 0.2) is 46.9 Å². The van der Waals surface area contributed by atoms with Crippen molar-refractivity contribution in [1.82, 2.24) is 0 Å². The predicted octanol–water partition coefficient (Wildman–Crippen LogP) is 4.52. The fourth-order valence-corrected chi connectivity index (χ4v) is 4.86. The van der Waals surface area contributed by atoms with Crippen LogP contribution in [0.2, 0.25) is 0 Å². The number of benzene rings is 1. The van der Waals surface area contributed by atoms with E-state index < -0.39 is 32.9 Å². The van der Waals surface area contributed by atoms with Crippen LogP contribution in [0.3, 0.4) is 0 Å². The second-order valence-electron chi connectivity index (χ2n) is 7.07. The monoisotopic (exact) mass is 404 g/mol. The first kappa shape index (κ1) is 21.7. The summed E-state index contributed by atoms with van der Waals surface area (Å²) in [6.07, 6.45) is -1.19. The molecule has 8 heteroatoms. The molecule has 1 aromatic carbocycles. The molecular formula is C19H23F3O4S. The Morgan fingerprint density at radius 3 is 2.15 bits per heavy atom. The van der Waals surface area contributed by atoms with E-state index in [4.69, 9.17) is 4.18 Å². The van der Waals surface area contributed by atoms with Crippen molar-refractivity contribution < 1.29 is 30.9 Å². The van der Waals surface area contributed by atoms with Crippen molar-refractivity contribution in [3.05, 3.63) is 58.0 Å². The first-order valence-corrected chi connectivity index (χ1v) is 9.88. The lowest BCUT2D eigenvalue weighted by atomic mass is 9.64. The number of allylic oxidation sites excluding steroid dienone is 2. The minimum absolute atomic E-state index is 0.00282. The Morgan fingerprint density at radius 1 is 1.11 bits per heavy atom. The van der Waals surface area contributed by atoms with E-state index in [1.165, 1.54) is 38.1 Å². The molecule has 0 aromatic heterocycles. The van der Waals surface area contributed by atoms with E-state index in [9.17, 15) is 26.7 Å². The van der Waals surface area contributed by atoms with E-state index in [2.05, 4.69) is 0 Å². The topological polar surface area (TPSA) is 63.6 Å². The molecule has 1 unspecified atom stereocenters. The summed E-state index contributed by atoms with van der Waals surface area (Å²) >= 11 is 0. The fraction of sp³-hybridized carbons (Fsp3) is 0.474. The quantitative estimate of drug-likeness (QED) is 0.733. The van der Waals surface area contributed by atoms with E-state index in [-0.39, 0.29) is 17.1 Å². The van der Waals surface area contributed by atoms with Crippen LogP contribution >= 0.6 is 0 Å². The molecule has 1 aliphatic rings. The normalized spacial score (nSPS) is 23.0. The van der Waals surface area contributed by atoms with Gasteiger partial charge in [0.25, 0.3) is 10.1 Å². The minimum Gasteiger partial charge on any atom is -0.380 e. The van der Waals surface area contributed by atoms with Crippen molar-refractivity contribution in [1.29, 1.82) is 0 Å². The molecule has 1 aliphatic carbocycles. The van der Waals surface area contributed by atoms with E-state index >= 15 is 0 Å². The summed E-state index contributed by atoms with van der Waals surface area (Å²) in [7, 11) is -4.11. The average molecular weight is 404 g/mol. The Kier molecular flexibility index (Phi) is 5.67. The third kappa shape index (κ3) is 3.70. The van der Waals surface area contributed by atoms with Gasteiger partial charge in [0.1, 0.15) is 5.60 Å². The Hall–Kier alpha value is -1.64. The summed E-state index contributed by atoms with van der Waals surface area (Å²) in [6.45, 7) is 6.42. The zero-order valence-corrected chi connectivity index (χ0v) is 16.4. The molecule has 2 rings (SSSR count). The Labute approximate surface area is 157 Å². The van der Waals surface area contributed by atoms with Crippen LogP contribution in [0.4, 0.5) is 13.2 Å². The summed E-state index contributed by atoms with van der Waals surface area (Å²) in [5, 5.41) is 11.5. The van der Waals surface area contributed by atoms with Crippen LogP contribution in [-0.4, -0.2) is 20.1 Å². The molecule has 0 saturated heterocycles. The molecule has 1 atom stereocenters. The van der Waals surface area contributed by atoms with Gasteiger partial charge in [-0.05, 0) is 42.7 Å². The summed E-state index contributed by atoms with van der Waals surface area (Å²) < 4.78 is 68.7. The van der Waals surface area contributed by atoms with Crippen molar-refractivity contribution in [2.24, 2.45) is 5.41 Å². The molecule has 0 aliphatic heterocycles. The number of halogens is 3. The molecule has 0 amide bonds. The minimum atomic E-state index is -4.50. The number of hydrogen-bond acceptors (Lipinski definition) is 4. The van der Waals surface area contributed by atoms with E-state index in [1.807, 2.05) is 0 Å². The highest BCUT2D eigenvalue weighted by atomic mass is 32.2. The lowest BCUT2D eigenvalue weighted by Gasteiger charge is -2.46. The number of hydrogen-bond donors (Lipinski definition) is 1. The van der Waals surface area contributed by atoms with Crippen molar-refractivity contribution >= 4 is 10.1 Å². The van der Waals surface area contributed by atoms with Gasteiger partial charge in [-0.1, -0.05) is 39.0 Å². The maximum Gasteiger partial charge on any atom is 0.416 e. The summed E-state index contributed by atoms with van der Waals surface area (Å²) in [4.78, 5) is -0.128. The SMILES string of the molecule is CCCOS(=O)(=O)C1=CC=C(C)C(O)(c2ccc(C(F)(F)F)cc2)C1(C)C. The van der Waals surface area contributed by atoms with Crippen molar-refractivity contribution in [2.45, 2.75) is 45.9 Å². The van der Waals surface area contributed by atoms with E-state index in [1.54, 1.807) is 13.8 Å². The van der Waals surface area contributed by atoms with E-state index in [0.29, 0.717) is 12.0 Å². The molecule has 4 nitrogen and oxygen atoms in total. The van der Waals surface area contributed by atoms with Crippen LogP contribution in [0.1, 0.15) is 45.2 Å². The highest BCUT2D eigenvalue weighted by molar-refractivity contribution is 7.90. The zero-order chi connectivity index (χ0) is 20.7. The molecule has 0 radical (unpaired) electrons.